The number of anilines is 1. The third kappa shape index (κ3) is 3.75. The maximum Gasteiger partial charge on any atom is 0.272 e. The molecule has 144 valence electrons. The van der Waals surface area contributed by atoms with Crippen molar-refractivity contribution in [1.29, 1.82) is 0 Å². The number of hydrogen-bond acceptors (Lipinski definition) is 5. The summed E-state index contributed by atoms with van der Waals surface area (Å²) in [4.78, 5) is 0. The second-order valence-electron chi connectivity index (χ2n) is 5.96. The molecule has 28 heavy (non-hydrogen) atoms. The largest absolute Gasteiger partial charge is 0.487 e. The lowest BCUT2D eigenvalue weighted by Crippen LogP contribution is -2.10. The molecular weight excluding hydrogens is 373 g/mol. The predicted molar refractivity (Wildman–Crippen MR) is 96.2 cm³/mol. The molecule has 2 aromatic heterocycles. The van der Waals surface area contributed by atoms with E-state index in [2.05, 4.69) is 25.8 Å². The zero-order valence-corrected chi connectivity index (χ0v) is 14.4. The summed E-state index contributed by atoms with van der Waals surface area (Å²) < 4.78 is 45.0. The van der Waals surface area contributed by atoms with Crippen LogP contribution in [0.25, 0.3) is 16.7 Å². The van der Waals surface area contributed by atoms with Gasteiger partial charge < -0.3 is 10.1 Å². The topological polar surface area (TPSA) is 80.6 Å². The van der Waals surface area contributed by atoms with Crippen molar-refractivity contribution in [1.82, 2.24) is 25.2 Å². The number of hydrogen-bond donors (Lipinski definition) is 2. The fourth-order valence-electron chi connectivity index (χ4n) is 2.78. The van der Waals surface area contributed by atoms with Crippen LogP contribution in [0.1, 0.15) is 5.56 Å². The lowest BCUT2D eigenvalue weighted by Gasteiger charge is -2.13. The number of halogens is 3. The zero-order valence-electron chi connectivity index (χ0n) is 14.4. The van der Waals surface area contributed by atoms with Crippen LogP contribution in [0.5, 0.6) is 5.75 Å². The summed E-state index contributed by atoms with van der Waals surface area (Å²) in [7, 11) is 0. The average molecular weight is 388 g/mol. The van der Waals surface area contributed by atoms with Gasteiger partial charge in [0.1, 0.15) is 18.2 Å². The van der Waals surface area contributed by atoms with Crippen molar-refractivity contribution in [2.24, 2.45) is 0 Å². The third-order valence-corrected chi connectivity index (χ3v) is 4.05. The molecule has 2 N–H and O–H groups in total. The van der Waals surface area contributed by atoms with E-state index in [9.17, 15) is 13.2 Å². The summed E-state index contributed by atoms with van der Waals surface area (Å²) in [6.07, 6.45) is 0.618. The lowest BCUT2D eigenvalue weighted by atomic mass is 10.1. The number of ether oxygens (including phenoxy) is 1. The van der Waals surface area contributed by atoms with E-state index in [1.807, 2.05) is 18.2 Å². The van der Waals surface area contributed by atoms with Gasteiger partial charge in [-0.3, -0.25) is 5.10 Å². The van der Waals surface area contributed by atoms with Crippen LogP contribution in [0.3, 0.4) is 0 Å². The third-order valence-electron chi connectivity index (χ3n) is 4.05. The highest BCUT2D eigenvalue weighted by molar-refractivity contribution is 5.88. The maximum atomic E-state index is 13.6. The minimum atomic E-state index is -2.61. The van der Waals surface area contributed by atoms with Crippen molar-refractivity contribution >= 4 is 16.6 Å². The van der Waals surface area contributed by atoms with Gasteiger partial charge in [0.25, 0.3) is 6.43 Å². The fourth-order valence-corrected chi connectivity index (χ4v) is 2.78. The molecule has 10 heteroatoms. The van der Waals surface area contributed by atoms with Gasteiger partial charge >= 0.3 is 0 Å². The Morgan fingerprint density at radius 2 is 2.07 bits per heavy atom. The van der Waals surface area contributed by atoms with Crippen LogP contribution in [-0.4, -0.2) is 38.2 Å². The van der Waals surface area contributed by atoms with Crippen LogP contribution in [0, 0.1) is 5.82 Å². The van der Waals surface area contributed by atoms with Gasteiger partial charge in [0.2, 0.25) is 0 Å². The summed E-state index contributed by atoms with van der Waals surface area (Å²) in [6.45, 7) is -0.556. The quantitative estimate of drug-likeness (QED) is 0.506. The molecule has 0 aliphatic heterocycles. The van der Waals surface area contributed by atoms with Crippen LogP contribution in [-0.2, 0) is 6.54 Å². The molecular formula is C18H15F3N6O. The van der Waals surface area contributed by atoms with Crippen LogP contribution < -0.4 is 10.1 Å². The Kier molecular flexibility index (Phi) is 4.83. The van der Waals surface area contributed by atoms with E-state index in [1.54, 1.807) is 12.4 Å². The zero-order chi connectivity index (χ0) is 19.5. The van der Waals surface area contributed by atoms with Crippen molar-refractivity contribution in [3.05, 3.63) is 60.2 Å². The molecule has 0 spiro atoms. The first kappa shape index (κ1) is 17.8. The minimum Gasteiger partial charge on any atom is -0.487 e. The molecule has 0 bridgehead atoms. The highest BCUT2D eigenvalue weighted by atomic mass is 19.3. The Bertz CT molecular complexity index is 1080. The van der Waals surface area contributed by atoms with E-state index >= 15 is 0 Å². The van der Waals surface area contributed by atoms with Gasteiger partial charge in [0.15, 0.2) is 5.82 Å². The highest BCUT2D eigenvalue weighted by Gasteiger charge is 2.11. The lowest BCUT2D eigenvalue weighted by molar-refractivity contribution is 0.0814. The number of alkyl halides is 2. The Morgan fingerprint density at radius 1 is 1.18 bits per heavy atom. The Hall–Kier alpha value is -3.56. The molecule has 0 fully saturated rings. The first-order valence-corrected chi connectivity index (χ1v) is 8.38. The molecule has 0 radical (unpaired) electrons. The molecule has 7 nitrogen and oxygen atoms in total. The van der Waals surface area contributed by atoms with Gasteiger partial charge in [-0.25, -0.2) is 13.2 Å². The van der Waals surface area contributed by atoms with Crippen LogP contribution in [0.2, 0.25) is 0 Å². The van der Waals surface area contributed by atoms with Crippen molar-refractivity contribution in [3.63, 3.8) is 0 Å². The molecule has 0 atom stereocenters. The predicted octanol–water partition coefficient (Wildman–Crippen LogP) is 3.54. The molecule has 0 aliphatic rings. The number of benzene rings is 2. The number of nitrogens with zero attached hydrogens (tertiary/aromatic N) is 4. The van der Waals surface area contributed by atoms with Gasteiger partial charge in [-0.15, -0.1) is 5.10 Å². The molecule has 0 saturated carbocycles. The van der Waals surface area contributed by atoms with Crippen molar-refractivity contribution in [2.75, 3.05) is 11.9 Å². The van der Waals surface area contributed by atoms with E-state index in [0.29, 0.717) is 11.4 Å². The normalized spacial score (nSPS) is 11.3. The molecule has 0 aliphatic carbocycles. The van der Waals surface area contributed by atoms with E-state index in [4.69, 9.17) is 4.74 Å². The second-order valence-corrected chi connectivity index (χ2v) is 5.96. The number of H-pyrrole nitrogens is 1. The Morgan fingerprint density at radius 3 is 2.86 bits per heavy atom. The Labute approximate surface area is 157 Å². The molecule has 0 unspecified atom stereocenters. The Balaban J connectivity index is 1.56. The first-order valence-electron chi connectivity index (χ1n) is 8.38. The van der Waals surface area contributed by atoms with E-state index < -0.39 is 18.8 Å². The van der Waals surface area contributed by atoms with Crippen molar-refractivity contribution in [3.8, 4) is 11.6 Å². The monoisotopic (exact) mass is 388 g/mol. The summed E-state index contributed by atoms with van der Waals surface area (Å²) in [5.74, 6) is 0.324. The van der Waals surface area contributed by atoms with Crippen LogP contribution in [0.15, 0.2) is 48.8 Å². The summed E-state index contributed by atoms with van der Waals surface area (Å²) in [5.41, 5.74) is 1.98. The van der Waals surface area contributed by atoms with E-state index in [1.165, 1.54) is 22.9 Å². The molecule has 0 saturated heterocycles. The summed E-state index contributed by atoms with van der Waals surface area (Å²) >= 11 is 0. The number of rotatable bonds is 7. The number of fused-ring (bicyclic) bond motifs is 1. The summed E-state index contributed by atoms with van der Waals surface area (Å²) in [5, 5.41) is 18.8. The van der Waals surface area contributed by atoms with Crippen LogP contribution in [0.4, 0.5) is 18.9 Å². The number of aromatic amines is 1. The summed E-state index contributed by atoms with van der Waals surface area (Å²) in [6, 6.07) is 9.29. The maximum absolute atomic E-state index is 13.6. The average Bonchev–Trinajstić information content (AvgIpc) is 3.34. The van der Waals surface area contributed by atoms with Gasteiger partial charge in [0.05, 0.1) is 17.9 Å². The van der Waals surface area contributed by atoms with Gasteiger partial charge in [-0.2, -0.15) is 9.78 Å². The number of aromatic nitrogens is 5. The fraction of sp³-hybridized carbons (Fsp3) is 0.167. The minimum absolute atomic E-state index is 0.193. The molecule has 2 aromatic carbocycles. The molecule has 4 aromatic rings. The number of nitrogens with one attached hydrogen (secondary N) is 2. The standard InChI is InChI=1S/C18H15F3N6O/c19-12-1-4-16(28-10-17(20)21)11(7-12)9-22-13-2-3-15-14(8-13)18(25-24-15)27-6-5-23-26-27/h1-8,17,22H,9-10H2,(H,24,25). The highest BCUT2D eigenvalue weighted by Crippen LogP contribution is 2.25. The van der Waals surface area contributed by atoms with E-state index in [-0.39, 0.29) is 12.3 Å². The van der Waals surface area contributed by atoms with Gasteiger partial charge in [0, 0.05) is 23.2 Å². The first-order chi connectivity index (χ1) is 13.6. The van der Waals surface area contributed by atoms with Gasteiger partial charge in [-0.1, -0.05) is 5.21 Å². The molecule has 0 amide bonds. The molecule has 2 heterocycles. The SMILES string of the molecule is Fc1ccc(OCC(F)F)c(CNc2ccc3[nH]nc(-n4ccnn4)c3c2)c1. The molecule has 4 rings (SSSR count). The van der Waals surface area contributed by atoms with E-state index in [0.717, 1.165) is 16.6 Å². The van der Waals surface area contributed by atoms with Crippen molar-refractivity contribution in [2.45, 2.75) is 13.0 Å². The van der Waals surface area contributed by atoms with Crippen molar-refractivity contribution < 1.29 is 17.9 Å². The smallest absolute Gasteiger partial charge is 0.272 e. The van der Waals surface area contributed by atoms with Crippen LogP contribution >= 0.6 is 0 Å². The van der Waals surface area contributed by atoms with Gasteiger partial charge in [-0.05, 0) is 36.4 Å². The second kappa shape index (κ2) is 7.59.